The summed E-state index contributed by atoms with van der Waals surface area (Å²) in [7, 11) is 0. The predicted octanol–water partition coefficient (Wildman–Crippen LogP) is 0.00830. The fraction of sp³-hybridized carbons (Fsp3) is 1.00. The quantitative estimate of drug-likeness (QED) is 0.521. The molecule has 3 N–H and O–H groups in total. The normalized spacial score (nSPS) is 40.7. The van der Waals surface area contributed by atoms with Crippen molar-refractivity contribution < 1.29 is 0 Å². The van der Waals surface area contributed by atoms with E-state index in [2.05, 4.69) is 15.2 Å². The van der Waals surface area contributed by atoms with Gasteiger partial charge in [-0.2, -0.15) is 0 Å². The molecule has 0 spiro atoms. The first kappa shape index (κ1) is 11.0. The van der Waals surface area contributed by atoms with Crippen LogP contribution in [-0.4, -0.2) is 54.6 Å². The Labute approximate surface area is 98.1 Å². The molecule has 2 unspecified atom stereocenters. The zero-order chi connectivity index (χ0) is 11.0. The molecular weight excluding hydrogens is 200 g/mol. The first-order chi connectivity index (χ1) is 7.86. The highest BCUT2D eigenvalue weighted by atomic mass is 15.4. The molecule has 4 rings (SSSR count). The minimum atomic E-state index is 0.508. The van der Waals surface area contributed by atoms with Gasteiger partial charge in [-0.15, -0.1) is 0 Å². The van der Waals surface area contributed by atoms with Crippen molar-refractivity contribution in [2.75, 3.05) is 32.7 Å². The van der Waals surface area contributed by atoms with Crippen LogP contribution in [-0.2, 0) is 0 Å². The van der Waals surface area contributed by atoms with Crippen LogP contribution in [0.1, 0.15) is 25.7 Å². The van der Waals surface area contributed by atoms with E-state index in [9.17, 15) is 0 Å². The Bertz CT molecular complexity index is 233. The maximum atomic E-state index is 5.77. The van der Waals surface area contributed by atoms with Crippen molar-refractivity contribution in [2.45, 2.75) is 37.8 Å². The summed E-state index contributed by atoms with van der Waals surface area (Å²) in [6, 6.07) is 1.17. The lowest BCUT2D eigenvalue weighted by Gasteiger charge is -2.50. The second-order valence-electron chi connectivity index (χ2n) is 5.71. The number of hydrogen-bond acceptors (Lipinski definition) is 4. The lowest BCUT2D eigenvalue weighted by Crippen LogP contribution is -2.67. The van der Waals surface area contributed by atoms with Gasteiger partial charge in [0.05, 0.1) is 0 Å². The van der Waals surface area contributed by atoms with Gasteiger partial charge in [0.25, 0.3) is 0 Å². The fourth-order valence-corrected chi connectivity index (χ4v) is 3.46. The number of nitrogens with zero attached hydrogens (tertiary/aromatic N) is 2. The molecule has 2 atom stereocenters. The summed E-state index contributed by atoms with van der Waals surface area (Å²) in [5.41, 5.74) is 3.09. The third kappa shape index (κ3) is 1.99. The summed E-state index contributed by atoms with van der Waals surface area (Å²) >= 11 is 0. The van der Waals surface area contributed by atoms with Crippen LogP contribution in [0.3, 0.4) is 0 Å². The molecule has 3 saturated heterocycles. The third-order valence-corrected chi connectivity index (χ3v) is 4.81. The van der Waals surface area contributed by atoms with Crippen molar-refractivity contribution in [1.82, 2.24) is 15.2 Å². The molecule has 92 valence electrons. The van der Waals surface area contributed by atoms with Crippen LogP contribution < -0.4 is 11.3 Å². The van der Waals surface area contributed by atoms with Gasteiger partial charge in [0.2, 0.25) is 0 Å². The molecule has 4 fully saturated rings. The zero-order valence-corrected chi connectivity index (χ0v) is 10.1. The van der Waals surface area contributed by atoms with Crippen molar-refractivity contribution in [3.05, 3.63) is 0 Å². The first-order valence-corrected chi connectivity index (χ1v) is 6.79. The molecule has 0 amide bonds. The largest absolute Gasteiger partial charge is 0.299 e. The van der Waals surface area contributed by atoms with Crippen LogP contribution in [0.25, 0.3) is 0 Å². The van der Waals surface area contributed by atoms with E-state index in [0.717, 1.165) is 5.92 Å². The minimum Gasteiger partial charge on any atom is -0.299 e. The number of nitrogens with one attached hydrogen (secondary N) is 1. The molecule has 1 saturated carbocycles. The maximum absolute atomic E-state index is 5.77. The molecule has 4 aliphatic rings. The highest BCUT2D eigenvalue weighted by molar-refractivity contribution is 4.95. The highest BCUT2D eigenvalue weighted by Gasteiger charge is 2.37. The monoisotopic (exact) mass is 224 g/mol. The van der Waals surface area contributed by atoms with Crippen molar-refractivity contribution >= 4 is 0 Å². The Kier molecular flexibility index (Phi) is 3.16. The second kappa shape index (κ2) is 4.61. The molecule has 0 aromatic rings. The molecular formula is C12H24N4. The second-order valence-corrected chi connectivity index (χ2v) is 5.71. The van der Waals surface area contributed by atoms with Crippen LogP contribution in [0.2, 0.25) is 0 Å². The van der Waals surface area contributed by atoms with E-state index in [4.69, 9.17) is 5.84 Å². The number of fused-ring (bicyclic) bond motifs is 3. The number of nitrogens with two attached hydrogens (primary N) is 1. The Morgan fingerprint density at radius 2 is 1.94 bits per heavy atom. The average molecular weight is 224 g/mol. The summed E-state index contributed by atoms with van der Waals surface area (Å²) < 4.78 is 0. The van der Waals surface area contributed by atoms with E-state index >= 15 is 0 Å². The number of rotatable bonds is 4. The summed E-state index contributed by atoms with van der Waals surface area (Å²) in [6.45, 7) is 6.23. The highest BCUT2D eigenvalue weighted by Crippen LogP contribution is 2.32. The fourth-order valence-electron chi connectivity index (χ4n) is 3.46. The molecule has 2 bridgehead atoms. The molecule has 0 aromatic carbocycles. The van der Waals surface area contributed by atoms with Gasteiger partial charge in [0, 0.05) is 44.8 Å². The van der Waals surface area contributed by atoms with E-state index < -0.39 is 0 Å². The summed E-state index contributed by atoms with van der Waals surface area (Å²) in [6.07, 6.45) is 5.57. The Balaban J connectivity index is 1.60. The van der Waals surface area contributed by atoms with E-state index in [1.807, 2.05) is 0 Å². The average Bonchev–Trinajstić information content (AvgIpc) is 2.29. The molecule has 3 heterocycles. The van der Waals surface area contributed by atoms with Gasteiger partial charge in [-0.05, 0) is 12.3 Å². The molecule has 0 radical (unpaired) electrons. The van der Waals surface area contributed by atoms with Gasteiger partial charge in [-0.3, -0.25) is 21.1 Å². The number of hydrazine groups is 1. The van der Waals surface area contributed by atoms with Gasteiger partial charge in [0.1, 0.15) is 0 Å². The smallest absolute Gasteiger partial charge is 0.0391 e. The van der Waals surface area contributed by atoms with Crippen molar-refractivity contribution in [1.29, 1.82) is 0 Å². The van der Waals surface area contributed by atoms with Gasteiger partial charge >= 0.3 is 0 Å². The maximum Gasteiger partial charge on any atom is 0.0391 e. The summed E-state index contributed by atoms with van der Waals surface area (Å²) in [5, 5.41) is 0. The van der Waals surface area contributed by atoms with Crippen LogP contribution >= 0.6 is 0 Å². The number of hydrogen-bond donors (Lipinski definition) is 2. The van der Waals surface area contributed by atoms with Gasteiger partial charge < -0.3 is 0 Å². The van der Waals surface area contributed by atoms with Crippen molar-refractivity contribution in [2.24, 2.45) is 11.8 Å². The number of piperazine rings is 3. The van der Waals surface area contributed by atoms with Crippen LogP contribution in [0.5, 0.6) is 0 Å². The van der Waals surface area contributed by atoms with E-state index in [0.29, 0.717) is 12.1 Å². The predicted molar refractivity (Wildman–Crippen MR) is 64.9 cm³/mol. The van der Waals surface area contributed by atoms with E-state index in [1.54, 1.807) is 0 Å². The lowest BCUT2D eigenvalue weighted by atomic mass is 9.79. The van der Waals surface area contributed by atoms with Gasteiger partial charge in [0.15, 0.2) is 0 Å². The molecule has 3 aliphatic heterocycles. The SMILES string of the molecule is NNC(CC1CCC1)C1CN2CCN1CC2. The van der Waals surface area contributed by atoms with Crippen molar-refractivity contribution in [3.8, 4) is 0 Å². The Morgan fingerprint density at radius 3 is 2.38 bits per heavy atom. The van der Waals surface area contributed by atoms with Crippen LogP contribution in [0.4, 0.5) is 0 Å². The standard InChI is InChI=1S/C12H24N4/c13-14-11(8-10-2-1-3-10)12-9-15-4-6-16(12)7-5-15/h10-12,14H,1-9,13H2. The Morgan fingerprint density at radius 1 is 1.19 bits per heavy atom. The molecule has 16 heavy (non-hydrogen) atoms. The van der Waals surface area contributed by atoms with Crippen molar-refractivity contribution in [3.63, 3.8) is 0 Å². The van der Waals surface area contributed by atoms with Gasteiger partial charge in [-0.1, -0.05) is 19.3 Å². The van der Waals surface area contributed by atoms with E-state index in [-0.39, 0.29) is 0 Å². The van der Waals surface area contributed by atoms with Gasteiger partial charge in [-0.25, -0.2) is 0 Å². The lowest BCUT2D eigenvalue weighted by molar-refractivity contribution is -0.00897. The topological polar surface area (TPSA) is 44.5 Å². The minimum absolute atomic E-state index is 0.508. The van der Waals surface area contributed by atoms with Crippen LogP contribution in [0, 0.1) is 5.92 Å². The molecule has 4 nitrogen and oxygen atoms in total. The molecule has 4 heteroatoms. The first-order valence-electron chi connectivity index (χ1n) is 6.79. The van der Waals surface area contributed by atoms with Crippen LogP contribution in [0.15, 0.2) is 0 Å². The zero-order valence-electron chi connectivity index (χ0n) is 10.1. The molecule has 0 aromatic heterocycles. The Hall–Kier alpha value is -0.160. The third-order valence-electron chi connectivity index (χ3n) is 4.81. The molecule has 1 aliphatic carbocycles. The van der Waals surface area contributed by atoms with E-state index in [1.165, 1.54) is 58.4 Å². The summed E-state index contributed by atoms with van der Waals surface area (Å²) in [4.78, 5) is 5.24. The summed E-state index contributed by atoms with van der Waals surface area (Å²) in [5.74, 6) is 6.71.